The fourth-order valence-electron chi connectivity index (χ4n) is 4.08. The first-order chi connectivity index (χ1) is 14.1. The molecule has 2 aromatic carbocycles. The number of nitrogens with one attached hydrogen (secondary N) is 3. The van der Waals surface area contributed by atoms with Crippen molar-refractivity contribution in [1.82, 2.24) is 21.1 Å². The SMILES string of the molecule is COc1cccc(C(=O)NC2CCN(C3CC(c4ccc(F)cc4)NN3)CC2)c1. The minimum Gasteiger partial charge on any atom is -0.497 e. The highest BCUT2D eigenvalue weighted by atomic mass is 19.1. The topological polar surface area (TPSA) is 65.6 Å². The van der Waals surface area contributed by atoms with E-state index < -0.39 is 0 Å². The Bertz CT molecular complexity index is 837. The van der Waals surface area contributed by atoms with Crippen molar-refractivity contribution < 1.29 is 13.9 Å². The molecule has 0 aromatic heterocycles. The summed E-state index contributed by atoms with van der Waals surface area (Å²) in [7, 11) is 1.60. The van der Waals surface area contributed by atoms with Gasteiger partial charge in [-0.1, -0.05) is 18.2 Å². The number of carbonyl (C=O) groups excluding carboxylic acids is 1. The van der Waals surface area contributed by atoms with E-state index >= 15 is 0 Å². The molecule has 0 radical (unpaired) electrons. The van der Waals surface area contributed by atoms with Gasteiger partial charge >= 0.3 is 0 Å². The number of amides is 1. The molecule has 4 rings (SSSR count). The van der Waals surface area contributed by atoms with Crippen molar-refractivity contribution in [3.8, 4) is 5.75 Å². The number of likely N-dealkylation sites (tertiary alicyclic amines) is 1. The second kappa shape index (κ2) is 8.90. The molecule has 29 heavy (non-hydrogen) atoms. The molecule has 0 saturated carbocycles. The molecule has 2 saturated heterocycles. The molecule has 2 fully saturated rings. The minimum absolute atomic E-state index is 0.0561. The van der Waals surface area contributed by atoms with Crippen molar-refractivity contribution in [2.45, 2.75) is 37.5 Å². The van der Waals surface area contributed by atoms with Crippen LogP contribution >= 0.6 is 0 Å². The van der Waals surface area contributed by atoms with Crippen molar-refractivity contribution in [3.05, 3.63) is 65.5 Å². The Kier molecular flexibility index (Phi) is 6.08. The van der Waals surface area contributed by atoms with Crippen LogP contribution in [0.3, 0.4) is 0 Å². The molecule has 1 amide bonds. The largest absolute Gasteiger partial charge is 0.497 e. The maximum atomic E-state index is 13.1. The lowest BCUT2D eigenvalue weighted by atomic mass is 10.0. The number of benzene rings is 2. The molecule has 0 spiro atoms. The van der Waals surface area contributed by atoms with Crippen LogP contribution in [0.5, 0.6) is 5.75 Å². The molecule has 6 nitrogen and oxygen atoms in total. The molecule has 2 aliphatic rings. The number of hydrazine groups is 1. The standard InChI is InChI=1S/C22H27FN4O2/c1-29-19-4-2-3-16(13-19)22(28)24-18-9-11-27(12-10-18)21-14-20(25-26-21)15-5-7-17(23)8-6-15/h2-8,13,18,20-21,25-26H,9-12,14H2,1H3,(H,24,28). The minimum atomic E-state index is -0.214. The normalized spacial score (nSPS) is 23.1. The van der Waals surface area contributed by atoms with Crippen LogP contribution in [0.4, 0.5) is 4.39 Å². The second-order valence-corrected chi connectivity index (χ2v) is 7.66. The molecule has 2 aromatic rings. The fourth-order valence-corrected chi connectivity index (χ4v) is 4.08. The lowest BCUT2D eigenvalue weighted by Crippen LogP contribution is -2.51. The zero-order chi connectivity index (χ0) is 20.2. The first-order valence-electron chi connectivity index (χ1n) is 10.1. The van der Waals surface area contributed by atoms with E-state index in [1.807, 2.05) is 24.3 Å². The van der Waals surface area contributed by atoms with Gasteiger partial charge in [-0.2, -0.15) is 0 Å². The van der Waals surface area contributed by atoms with Crippen molar-refractivity contribution in [1.29, 1.82) is 0 Å². The Morgan fingerprint density at radius 3 is 2.62 bits per heavy atom. The predicted octanol–water partition coefficient (Wildman–Crippen LogP) is 2.59. The van der Waals surface area contributed by atoms with Crippen LogP contribution in [-0.2, 0) is 0 Å². The molecular weight excluding hydrogens is 371 g/mol. The third-order valence-corrected chi connectivity index (χ3v) is 5.79. The number of ether oxygens (including phenoxy) is 1. The van der Waals surface area contributed by atoms with Gasteiger partial charge in [-0.25, -0.2) is 15.2 Å². The summed E-state index contributed by atoms with van der Waals surface area (Å²) in [6, 6.07) is 14.2. The van der Waals surface area contributed by atoms with Crippen molar-refractivity contribution in [3.63, 3.8) is 0 Å². The number of carbonyl (C=O) groups is 1. The molecule has 2 unspecified atom stereocenters. The first kappa shape index (κ1) is 19.8. The van der Waals surface area contributed by atoms with Crippen LogP contribution in [0.15, 0.2) is 48.5 Å². The third-order valence-electron chi connectivity index (χ3n) is 5.79. The number of hydrogen-bond donors (Lipinski definition) is 3. The van der Waals surface area contributed by atoms with Crippen molar-refractivity contribution >= 4 is 5.91 Å². The van der Waals surface area contributed by atoms with E-state index in [1.165, 1.54) is 12.1 Å². The van der Waals surface area contributed by atoms with E-state index in [1.54, 1.807) is 19.2 Å². The van der Waals surface area contributed by atoms with Crippen molar-refractivity contribution in [2.24, 2.45) is 0 Å². The molecule has 7 heteroatoms. The van der Waals surface area contributed by atoms with Gasteiger partial charge in [0.2, 0.25) is 0 Å². The van der Waals surface area contributed by atoms with Crippen LogP contribution in [-0.4, -0.2) is 43.2 Å². The molecule has 154 valence electrons. The van der Waals surface area contributed by atoms with E-state index in [4.69, 9.17) is 4.74 Å². The van der Waals surface area contributed by atoms with Gasteiger partial charge in [0.25, 0.3) is 5.91 Å². The summed E-state index contributed by atoms with van der Waals surface area (Å²) in [5.74, 6) is 0.414. The average molecular weight is 398 g/mol. The van der Waals surface area contributed by atoms with Crippen LogP contribution in [0.1, 0.15) is 41.2 Å². The monoisotopic (exact) mass is 398 g/mol. The van der Waals surface area contributed by atoms with Gasteiger partial charge in [0, 0.05) is 30.7 Å². The summed E-state index contributed by atoms with van der Waals surface area (Å²) in [6.07, 6.45) is 2.98. The van der Waals surface area contributed by atoms with Crippen LogP contribution < -0.4 is 20.9 Å². The van der Waals surface area contributed by atoms with Crippen LogP contribution in [0, 0.1) is 5.82 Å². The number of methoxy groups -OCH3 is 1. The van der Waals surface area contributed by atoms with Gasteiger partial charge in [-0.3, -0.25) is 9.69 Å². The summed E-state index contributed by atoms with van der Waals surface area (Å²) >= 11 is 0. The van der Waals surface area contributed by atoms with E-state index in [-0.39, 0.29) is 30.0 Å². The van der Waals surface area contributed by atoms with Gasteiger partial charge < -0.3 is 10.1 Å². The second-order valence-electron chi connectivity index (χ2n) is 7.66. The smallest absolute Gasteiger partial charge is 0.251 e. The maximum absolute atomic E-state index is 13.1. The molecule has 2 heterocycles. The van der Waals surface area contributed by atoms with Gasteiger partial charge in [0.05, 0.1) is 13.3 Å². The lowest BCUT2D eigenvalue weighted by molar-refractivity contribution is 0.0879. The van der Waals surface area contributed by atoms with Gasteiger partial charge in [0.1, 0.15) is 11.6 Å². The number of hydrogen-bond acceptors (Lipinski definition) is 5. The predicted molar refractivity (Wildman–Crippen MR) is 109 cm³/mol. The number of halogens is 1. The molecule has 0 bridgehead atoms. The third kappa shape index (κ3) is 4.75. The Morgan fingerprint density at radius 1 is 1.14 bits per heavy atom. The Hall–Kier alpha value is -2.48. The number of nitrogens with zero attached hydrogens (tertiary/aromatic N) is 1. The van der Waals surface area contributed by atoms with Crippen molar-refractivity contribution in [2.75, 3.05) is 20.2 Å². The molecule has 0 aliphatic carbocycles. The zero-order valence-electron chi connectivity index (χ0n) is 16.5. The highest BCUT2D eigenvalue weighted by molar-refractivity contribution is 5.94. The summed E-state index contributed by atoms with van der Waals surface area (Å²) in [5.41, 5.74) is 8.39. The molecule has 2 atom stereocenters. The maximum Gasteiger partial charge on any atom is 0.251 e. The molecule has 3 N–H and O–H groups in total. The lowest BCUT2D eigenvalue weighted by Gasteiger charge is -2.35. The number of piperidine rings is 1. The Labute approximate surface area is 170 Å². The van der Waals surface area contributed by atoms with E-state index in [0.717, 1.165) is 37.9 Å². The quantitative estimate of drug-likeness (QED) is 0.723. The summed E-state index contributed by atoms with van der Waals surface area (Å²) in [5, 5.41) is 3.14. The highest BCUT2D eigenvalue weighted by Gasteiger charge is 2.32. The number of rotatable bonds is 5. The zero-order valence-corrected chi connectivity index (χ0v) is 16.5. The Balaban J connectivity index is 1.26. The van der Waals surface area contributed by atoms with Crippen LogP contribution in [0.2, 0.25) is 0 Å². The molecule has 2 aliphatic heterocycles. The van der Waals surface area contributed by atoms with Gasteiger partial charge in [-0.15, -0.1) is 0 Å². The van der Waals surface area contributed by atoms with E-state index in [2.05, 4.69) is 21.1 Å². The van der Waals surface area contributed by atoms with Crippen LogP contribution in [0.25, 0.3) is 0 Å². The molecular formula is C22H27FN4O2. The Morgan fingerprint density at radius 2 is 1.90 bits per heavy atom. The average Bonchev–Trinajstić information content (AvgIpc) is 3.25. The van der Waals surface area contributed by atoms with E-state index in [0.29, 0.717) is 11.3 Å². The fraction of sp³-hybridized carbons (Fsp3) is 0.409. The summed E-state index contributed by atoms with van der Waals surface area (Å²) in [4.78, 5) is 14.9. The summed E-state index contributed by atoms with van der Waals surface area (Å²) < 4.78 is 18.3. The summed E-state index contributed by atoms with van der Waals surface area (Å²) in [6.45, 7) is 1.83. The van der Waals surface area contributed by atoms with Gasteiger partial charge in [0.15, 0.2) is 0 Å². The van der Waals surface area contributed by atoms with E-state index in [9.17, 15) is 9.18 Å². The first-order valence-corrected chi connectivity index (χ1v) is 10.1. The highest BCUT2D eigenvalue weighted by Crippen LogP contribution is 2.26. The van der Waals surface area contributed by atoms with Gasteiger partial charge in [-0.05, 0) is 55.2 Å².